The van der Waals surface area contributed by atoms with Crippen LogP contribution in [0, 0.1) is 12.3 Å². The van der Waals surface area contributed by atoms with Gasteiger partial charge in [0, 0.05) is 11.3 Å². The number of nitrogens with two attached hydrogens (primary N) is 1. The first-order chi connectivity index (χ1) is 13.2. The number of terminal acetylenes is 1. The third-order valence-electron chi connectivity index (χ3n) is 5.50. The minimum atomic E-state index is -0.387. The number of hydrogen-bond acceptors (Lipinski definition) is 1. The van der Waals surface area contributed by atoms with Crippen molar-refractivity contribution in [2.45, 2.75) is 12.3 Å². The first-order valence-corrected chi connectivity index (χ1v) is 9.05. The molecule has 0 saturated heterocycles. The van der Waals surface area contributed by atoms with Crippen LogP contribution in [-0.4, -0.2) is 0 Å². The van der Waals surface area contributed by atoms with Gasteiger partial charge in [0.15, 0.2) is 0 Å². The lowest BCUT2D eigenvalue weighted by molar-refractivity contribution is 0.743. The van der Waals surface area contributed by atoms with Gasteiger partial charge in [0.1, 0.15) is 0 Å². The SMILES string of the molecule is C#C/C=C\C1=C(C)C(c2ccccc2)(c2ccccc2)c2cccc(N)c21. The van der Waals surface area contributed by atoms with Gasteiger partial charge in [-0.05, 0) is 53.0 Å². The van der Waals surface area contributed by atoms with E-state index in [-0.39, 0.29) is 5.41 Å². The smallest absolute Gasteiger partial charge is 0.0674 e. The summed E-state index contributed by atoms with van der Waals surface area (Å²) >= 11 is 0. The Hall–Kier alpha value is -3.50. The molecule has 0 fully saturated rings. The van der Waals surface area contributed by atoms with E-state index in [4.69, 9.17) is 12.2 Å². The molecule has 0 atom stereocenters. The fraction of sp³-hybridized carbons (Fsp3) is 0.0769. The van der Waals surface area contributed by atoms with Crippen molar-refractivity contribution in [2.75, 3.05) is 5.73 Å². The molecule has 1 aliphatic carbocycles. The molecule has 4 rings (SSSR count). The van der Waals surface area contributed by atoms with E-state index in [2.05, 4.69) is 79.6 Å². The van der Waals surface area contributed by atoms with Gasteiger partial charge in [-0.15, -0.1) is 6.42 Å². The number of fused-ring (bicyclic) bond motifs is 1. The highest BCUT2D eigenvalue weighted by Gasteiger charge is 2.45. The predicted molar refractivity (Wildman–Crippen MR) is 114 cm³/mol. The van der Waals surface area contributed by atoms with Crippen LogP contribution in [0.2, 0.25) is 0 Å². The molecule has 1 aliphatic rings. The van der Waals surface area contributed by atoms with E-state index < -0.39 is 0 Å². The van der Waals surface area contributed by atoms with Gasteiger partial charge in [-0.25, -0.2) is 0 Å². The molecule has 27 heavy (non-hydrogen) atoms. The molecule has 0 aliphatic heterocycles. The van der Waals surface area contributed by atoms with Crippen molar-refractivity contribution in [3.05, 3.63) is 119 Å². The Morgan fingerprint density at radius 1 is 0.852 bits per heavy atom. The standard InChI is InChI=1S/C26H21N/c1-3-4-16-22-19(2)26(20-12-7-5-8-13-20,21-14-9-6-10-15-21)23-17-11-18-24(27)25(22)23/h1,4-18H,27H2,2H3/b16-4-. The number of nitrogen functional groups attached to an aromatic ring is 1. The number of rotatable bonds is 3. The fourth-order valence-corrected chi connectivity index (χ4v) is 4.40. The van der Waals surface area contributed by atoms with Gasteiger partial charge in [0.05, 0.1) is 5.41 Å². The quantitative estimate of drug-likeness (QED) is 0.486. The molecular weight excluding hydrogens is 326 g/mol. The summed E-state index contributed by atoms with van der Waals surface area (Å²) in [6, 6.07) is 27.4. The van der Waals surface area contributed by atoms with Crippen molar-refractivity contribution in [1.29, 1.82) is 0 Å². The lowest BCUT2D eigenvalue weighted by Gasteiger charge is -2.34. The average Bonchev–Trinajstić information content (AvgIpc) is 2.97. The first-order valence-electron chi connectivity index (χ1n) is 9.05. The molecule has 0 saturated carbocycles. The summed E-state index contributed by atoms with van der Waals surface area (Å²) in [6.07, 6.45) is 9.27. The third-order valence-corrected chi connectivity index (χ3v) is 5.50. The molecule has 0 aromatic heterocycles. The van der Waals surface area contributed by atoms with Crippen LogP contribution in [0.3, 0.4) is 0 Å². The lowest BCUT2D eigenvalue weighted by atomic mass is 9.67. The zero-order valence-electron chi connectivity index (χ0n) is 15.3. The second-order valence-corrected chi connectivity index (χ2v) is 6.79. The van der Waals surface area contributed by atoms with E-state index in [1.807, 2.05) is 18.2 Å². The van der Waals surface area contributed by atoms with Gasteiger partial charge in [0.25, 0.3) is 0 Å². The van der Waals surface area contributed by atoms with Gasteiger partial charge >= 0.3 is 0 Å². The maximum Gasteiger partial charge on any atom is 0.0674 e. The van der Waals surface area contributed by atoms with E-state index in [0.29, 0.717) is 0 Å². The zero-order valence-corrected chi connectivity index (χ0v) is 15.3. The Bertz CT molecular complexity index is 1040. The zero-order chi connectivity index (χ0) is 18.9. The lowest BCUT2D eigenvalue weighted by Crippen LogP contribution is -2.29. The molecule has 0 amide bonds. The second-order valence-electron chi connectivity index (χ2n) is 6.79. The highest BCUT2D eigenvalue weighted by molar-refractivity contribution is 5.94. The molecule has 0 bridgehead atoms. The summed E-state index contributed by atoms with van der Waals surface area (Å²) in [5, 5.41) is 0. The van der Waals surface area contributed by atoms with Crippen molar-refractivity contribution < 1.29 is 0 Å². The molecule has 1 heteroatoms. The van der Waals surface area contributed by atoms with Crippen molar-refractivity contribution in [2.24, 2.45) is 0 Å². The van der Waals surface area contributed by atoms with Crippen LogP contribution in [0.15, 0.2) is 96.6 Å². The minimum absolute atomic E-state index is 0.387. The summed E-state index contributed by atoms with van der Waals surface area (Å²) in [5.74, 6) is 2.62. The van der Waals surface area contributed by atoms with Crippen molar-refractivity contribution >= 4 is 11.3 Å². The molecule has 0 heterocycles. The van der Waals surface area contributed by atoms with E-state index >= 15 is 0 Å². The largest absolute Gasteiger partial charge is 0.398 e. The highest BCUT2D eigenvalue weighted by Crippen LogP contribution is 2.55. The molecule has 0 spiro atoms. The van der Waals surface area contributed by atoms with Crippen LogP contribution in [0.1, 0.15) is 29.2 Å². The number of anilines is 1. The van der Waals surface area contributed by atoms with Crippen LogP contribution >= 0.6 is 0 Å². The number of allylic oxidation sites excluding steroid dienone is 4. The van der Waals surface area contributed by atoms with Gasteiger partial charge in [-0.3, -0.25) is 0 Å². The van der Waals surface area contributed by atoms with Crippen LogP contribution in [0.5, 0.6) is 0 Å². The van der Waals surface area contributed by atoms with Crippen LogP contribution in [-0.2, 0) is 5.41 Å². The summed E-state index contributed by atoms with van der Waals surface area (Å²) in [4.78, 5) is 0. The molecule has 3 aromatic rings. The second kappa shape index (κ2) is 6.67. The predicted octanol–water partition coefficient (Wildman–Crippen LogP) is 5.58. The van der Waals surface area contributed by atoms with Crippen LogP contribution in [0.25, 0.3) is 5.57 Å². The van der Waals surface area contributed by atoms with Crippen molar-refractivity contribution in [3.63, 3.8) is 0 Å². The fourth-order valence-electron chi connectivity index (χ4n) is 4.40. The Kier molecular flexibility index (Phi) is 4.18. The Balaban J connectivity index is 2.17. The Morgan fingerprint density at radius 2 is 1.44 bits per heavy atom. The number of hydrogen-bond donors (Lipinski definition) is 1. The average molecular weight is 347 g/mol. The normalized spacial score (nSPS) is 15.0. The molecular formula is C26H21N. The molecule has 0 unspecified atom stereocenters. The van der Waals surface area contributed by atoms with E-state index in [1.165, 1.54) is 22.3 Å². The van der Waals surface area contributed by atoms with Gasteiger partial charge < -0.3 is 5.73 Å². The maximum absolute atomic E-state index is 6.45. The first kappa shape index (κ1) is 16.9. The maximum atomic E-state index is 6.45. The summed E-state index contributed by atoms with van der Waals surface area (Å²) in [7, 11) is 0. The molecule has 3 aromatic carbocycles. The van der Waals surface area contributed by atoms with Gasteiger partial charge in [0.2, 0.25) is 0 Å². The third kappa shape index (κ3) is 2.42. The van der Waals surface area contributed by atoms with Crippen LogP contribution < -0.4 is 5.73 Å². The Labute approximate surface area is 160 Å². The van der Waals surface area contributed by atoms with Crippen LogP contribution in [0.4, 0.5) is 5.69 Å². The van der Waals surface area contributed by atoms with E-state index in [0.717, 1.165) is 16.8 Å². The summed E-state index contributed by atoms with van der Waals surface area (Å²) in [6.45, 7) is 2.19. The summed E-state index contributed by atoms with van der Waals surface area (Å²) < 4.78 is 0. The highest BCUT2D eigenvalue weighted by atomic mass is 14.6. The molecule has 0 radical (unpaired) electrons. The van der Waals surface area contributed by atoms with Gasteiger partial charge in [-0.1, -0.05) is 78.7 Å². The van der Waals surface area contributed by atoms with E-state index in [1.54, 1.807) is 6.08 Å². The molecule has 2 N–H and O–H groups in total. The van der Waals surface area contributed by atoms with Crippen molar-refractivity contribution in [1.82, 2.24) is 0 Å². The topological polar surface area (TPSA) is 26.0 Å². The monoisotopic (exact) mass is 347 g/mol. The Morgan fingerprint density at radius 3 is 2.00 bits per heavy atom. The molecule has 130 valence electrons. The minimum Gasteiger partial charge on any atom is -0.398 e. The van der Waals surface area contributed by atoms with Gasteiger partial charge in [-0.2, -0.15) is 0 Å². The molecule has 1 nitrogen and oxygen atoms in total. The van der Waals surface area contributed by atoms with E-state index in [9.17, 15) is 0 Å². The summed E-state index contributed by atoms with van der Waals surface area (Å²) in [5.41, 5.74) is 13.9. The number of benzene rings is 3. The van der Waals surface area contributed by atoms with Crippen molar-refractivity contribution in [3.8, 4) is 12.3 Å².